The van der Waals surface area contributed by atoms with Crippen LogP contribution in [0.5, 0.6) is 0 Å². The molecule has 2 aromatic heterocycles. The van der Waals surface area contributed by atoms with E-state index in [1.807, 2.05) is 6.07 Å². The molecule has 0 bridgehead atoms. The molecule has 0 aliphatic carbocycles. The lowest BCUT2D eigenvalue weighted by atomic mass is 10.3. The average Bonchev–Trinajstić information content (AvgIpc) is 3.12. The molecular weight excluding hydrogens is 274 g/mol. The van der Waals surface area contributed by atoms with Gasteiger partial charge in [-0.15, -0.1) is 11.3 Å². The van der Waals surface area contributed by atoms with E-state index in [1.165, 1.54) is 17.7 Å². The predicted molar refractivity (Wildman–Crippen MR) is 77.3 cm³/mol. The van der Waals surface area contributed by atoms with Gasteiger partial charge in [0.1, 0.15) is 12.2 Å². The van der Waals surface area contributed by atoms with Crippen LogP contribution in [0.3, 0.4) is 0 Å². The standard InChI is InChI=1S/C13H15N5OS/c14-7-1-3-10-5-6-11(20-10)13(19)15-8-2-4-12-16-9-17-18-12/h5-6,9H,2,4,7-8,14H2,(H,15,19)(H,16,17,18). The Balaban J connectivity index is 1.75. The molecule has 2 aromatic rings. The van der Waals surface area contributed by atoms with Crippen molar-refractivity contribution in [2.45, 2.75) is 12.8 Å². The summed E-state index contributed by atoms with van der Waals surface area (Å²) in [5.74, 6) is 6.43. The number of aryl methyl sites for hydroxylation is 1. The third-order valence-corrected chi connectivity index (χ3v) is 3.48. The Morgan fingerprint density at radius 2 is 2.40 bits per heavy atom. The van der Waals surface area contributed by atoms with E-state index in [9.17, 15) is 4.79 Å². The number of amides is 1. The normalized spacial score (nSPS) is 9.85. The Hall–Kier alpha value is -2.17. The molecule has 0 aliphatic rings. The first-order chi connectivity index (χ1) is 9.79. The van der Waals surface area contributed by atoms with Crippen molar-refractivity contribution in [2.24, 2.45) is 5.73 Å². The number of aromatic amines is 1. The van der Waals surface area contributed by atoms with Gasteiger partial charge in [-0.25, -0.2) is 4.98 Å². The summed E-state index contributed by atoms with van der Waals surface area (Å²) in [7, 11) is 0. The van der Waals surface area contributed by atoms with E-state index in [0.29, 0.717) is 18.0 Å². The van der Waals surface area contributed by atoms with Crippen molar-refractivity contribution in [3.63, 3.8) is 0 Å². The van der Waals surface area contributed by atoms with Crippen molar-refractivity contribution in [3.8, 4) is 11.8 Å². The van der Waals surface area contributed by atoms with Gasteiger partial charge < -0.3 is 11.1 Å². The van der Waals surface area contributed by atoms with E-state index in [2.05, 4.69) is 32.3 Å². The van der Waals surface area contributed by atoms with Crippen LogP contribution in [0.1, 0.15) is 26.8 Å². The molecule has 2 heterocycles. The van der Waals surface area contributed by atoms with Crippen LogP contribution in [0.2, 0.25) is 0 Å². The molecule has 6 nitrogen and oxygen atoms in total. The molecule has 1 amide bonds. The summed E-state index contributed by atoms with van der Waals surface area (Å²) in [5.41, 5.74) is 5.30. The van der Waals surface area contributed by atoms with Gasteiger partial charge in [0.2, 0.25) is 0 Å². The summed E-state index contributed by atoms with van der Waals surface area (Å²) in [4.78, 5) is 17.4. The van der Waals surface area contributed by atoms with Gasteiger partial charge in [-0.2, -0.15) is 5.10 Å². The SMILES string of the molecule is NCC#Cc1ccc(C(=O)NCCCc2ncn[nH]2)s1. The van der Waals surface area contributed by atoms with Crippen LogP contribution in [0, 0.1) is 11.8 Å². The molecular formula is C13H15N5OS. The highest BCUT2D eigenvalue weighted by molar-refractivity contribution is 7.14. The molecule has 4 N–H and O–H groups in total. The highest BCUT2D eigenvalue weighted by atomic mass is 32.1. The molecule has 0 radical (unpaired) electrons. The summed E-state index contributed by atoms with van der Waals surface area (Å²) >= 11 is 1.37. The number of thiophene rings is 1. The van der Waals surface area contributed by atoms with Crippen molar-refractivity contribution >= 4 is 17.2 Å². The minimum atomic E-state index is -0.0756. The summed E-state index contributed by atoms with van der Waals surface area (Å²) in [5, 5.41) is 9.42. The molecule has 104 valence electrons. The number of carbonyl (C=O) groups excluding carboxylic acids is 1. The van der Waals surface area contributed by atoms with Gasteiger partial charge in [0.15, 0.2) is 0 Å². The highest BCUT2D eigenvalue weighted by Crippen LogP contribution is 2.15. The second kappa shape index (κ2) is 7.43. The first-order valence-electron chi connectivity index (χ1n) is 6.21. The van der Waals surface area contributed by atoms with Crippen molar-refractivity contribution < 1.29 is 4.79 Å². The number of nitrogens with zero attached hydrogens (tertiary/aromatic N) is 2. The molecule has 2 rings (SSSR count). The Kier molecular flexibility index (Phi) is 5.29. The fourth-order valence-corrected chi connectivity index (χ4v) is 2.36. The maximum atomic E-state index is 11.9. The first kappa shape index (κ1) is 14.2. The van der Waals surface area contributed by atoms with E-state index >= 15 is 0 Å². The van der Waals surface area contributed by atoms with Crippen LogP contribution in [-0.4, -0.2) is 34.2 Å². The number of nitrogens with one attached hydrogen (secondary N) is 2. The van der Waals surface area contributed by atoms with Crippen LogP contribution < -0.4 is 11.1 Å². The third-order valence-electron chi connectivity index (χ3n) is 2.48. The minimum absolute atomic E-state index is 0.0756. The smallest absolute Gasteiger partial charge is 0.261 e. The number of rotatable bonds is 5. The zero-order valence-corrected chi connectivity index (χ0v) is 11.7. The maximum absolute atomic E-state index is 11.9. The lowest BCUT2D eigenvalue weighted by molar-refractivity contribution is 0.0957. The molecule has 7 heteroatoms. The van der Waals surface area contributed by atoms with Crippen molar-refractivity contribution in [2.75, 3.05) is 13.1 Å². The monoisotopic (exact) mass is 289 g/mol. The fourth-order valence-electron chi connectivity index (χ4n) is 1.56. The van der Waals surface area contributed by atoms with Crippen LogP contribution in [0.4, 0.5) is 0 Å². The second-order valence-corrected chi connectivity index (χ2v) is 5.05. The topological polar surface area (TPSA) is 96.7 Å². The van der Waals surface area contributed by atoms with E-state index in [1.54, 1.807) is 6.07 Å². The molecule has 0 aromatic carbocycles. The third kappa shape index (κ3) is 4.19. The molecule has 0 saturated heterocycles. The molecule has 0 fully saturated rings. The van der Waals surface area contributed by atoms with E-state index < -0.39 is 0 Å². The molecule has 0 unspecified atom stereocenters. The van der Waals surface area contributed by atoms with Crippen LogP contribution in [0.25, 0.3) is 0 Å². The lowest BCUT2D eigenvalue weighted by Gasteiger charge is -2.01. The Morgan fingerprint density at radius 3 is 3.15 bits per heavy atom. The first-order valence-corrected chi connectivity index (χ1v) is 7.02. The van der Waals surface area contributed by atoms with Gasteiger partial charge in [0.25, 0.3) is 5.91 Å². The Morgan fingerprint density at radius 1 is 1.50 bits per heavy atom. The molecule has 0 spiro atoms. The number of nitrogens with two attached hydrogens (primary N) is 1. The van der Waals surface area contributed by atoms with Crippen LogP contribution in [0.15, 0.2) is 18.5 Å². The minimum Gasteiger partial charge on any atom is -0.351 e. The van der Waals surface area contributed by atoms with Gasteiger partial charge in [0, 0.05) is 13.0 Å². The van der Waals surface area contributed by atoms with Crippen molar-refractivity contribution in [3.05, 3.63) is 34.0 Å². The van der Waals surface area contributed by atoms with Crippen LogP contribution in [-0.2, 0) is 6.42 Å². The highest BCUT2D eigenvalue weighted by Gasteiger charge is 2.07. The summed E-state index contributed by atoms with van der Waals surface area (Å²) in [6, 6.07) is 3.60. The molecule has 0 saturated carbocycles. The Labute approximate surface area is 120 Å². The summed E-state index contributed by atoms with van der Waals surface area (Å²) in [6.45, 7) is 0.919. The van der Waals surface area contributed by atoms with E-state index in [4.69, 9.17) is 5.73 Å². The lowest BCUT2D eigenvalue weighted by Crippen LogP contribution is -2.23. The van der Waals surface area contributed by atoms with E-state index in [0.717, 1.165) is 23.5 Å². The number of aromatic nitrogens is 3. The Bertz CT molecular complexity index is 608. The van der Waals surface area contributed by atoms with Gasteiger partial charge >= 0.3 is 0 Å². The molecule has 0 atom stereocenters. The van der Waals surface area contributed by atoms with Gasteiger partial charge in [0.05, 0.1) is 16.3 Å². The predicted octanol–water partition coefficient (Wildman–Crippen LogP) is 0.539. The average molecular weight is 289 g/mol. The fraction of sp³-hybridized carbons (Fsp3) is 0.308. The second-order valence-electron chi connectivity index (χ2n) is 3.96. The molecule has 0 aliphatic heterocycles. The van der Waals surface area contributed by atoms with Gasteiger partial charge in [-0.1, -0.05) is 11.8 Å². The number of hydrogen-bond donors (Lipinski definition) is 3. The largest absolute Gasteiger partial charge is 0.351 e. The quantitative estimate of drug-likeness (QED) is 0.553. The van der Waals surface area contributed by atoms with E-state index in [-0.39, 0.29) is 5.91 Å². The zero-order chi connectivity index (χ0) is 14.2. The van der Waals surface area contributed by atoms with Crippen molar-refractivity contribution in [1.29, 1.82) is 0 Å². The summed E-state index contributed by atoms with van der Waals surface area (Å²) < 4.78 is 0. The number of H-pyrrole nitrogens is 1. The molecule has 20 heavy (non-hydrogen) atoms. The van der Waals surface area contributed by atoms with Crippen LogP contribution >= 0.6 is 11.3 Å². The van der Waals surface area contributed by atoms with Gasteiger partial charge in [-0.3, -0.25) is 9.89 Å². The number of hydrogen-bond acceptors (Lipinski definition) is 5. The van der Waals surface area contributed by atoms with Crippen molar-refractivity contribution in [1.82, 2.24) is 20.5 Å². The summed E-state index contributed by atoms with van der Waals surface area (Å²) in [6.07, 6.45) is 3.05. The number of carbonyl (C=O) groups is 1. The van der Waals surface area contributed by atoms with Gasteiger partial charge in [-0.05, 0) is 18.6 Å². The zero-order valence-electron chi connectivity index (χ0n) is 10.8. The maximum Gasteiger partial charge on any atom is 0.261 e.